The van der Waals surface area contributed by atoms with Gasteiger partial charge < -0.3 is 10.4 Å². The molecule has 0 saturated heterocycles. The van der Waals surface area contributed by atoms with Gasteiger partial charge in [-0.15, -0.1) is 0 Å². The Morgan fingerprint density at radius 1 is 1.05 bits per heavy atom. The number of hydrogen-bond acceptors (Lipinski definition) is 2. The van der Waals surface area contributed by atoms with Gasteiger partial charge in [0.1, 0.15) is 0 Å². The van der Waals surface area contributed by atoms with E-state index in [1.807, 2.05) is 0 Å². The monoisotopic (exact) mass is 337 g/mol. The van der Waals surface area contributed by atoms with Crippen molar-refractivity contribution in [3.05, 3.63) is 64.1 Å². The Hall–Kier alpha value is -2.04. The predicted octanol–water partition coefficient (Wildman–Crippen LogP) is 4.19. The highest BCUT2D eigenvalue weighted by atomic mass is 35.5. The van der Waals surface area contributed by atoms with Crippen molar-refractivity contribution >= 4 is 40.8 Å². The van der Waals surface area contributed by atoms with Crippen LogP contribution in [0.4, 0.5) is 5.69 Å². The van der Waals surface area contributed by atoms with Crippen molar-refractivity contribution in [2.45, 2.75) is 12.3 Å². The summed E-state index contributed by atoms with van der Waals surface area (Å²) in [5.41, 5.74) is 0.929. The van der Waals surface area contributed by atoms with Crippen LogP contribution in [0, 0.1) is 0 Å². The maximum Gasteiger partial charge on any atom is 0.311 e. The highest BCUT2D eigenvalue weighted by Gasteiger charge is 2.23. The Bertz CT molecular complexity index is 689. The molecule has 2 aromatic rings. The van der Waals surface area contributed by atoms with Crippen LogP contribution in [0.25, 0.3) is 0 Å². The van der Waals surface area contributed by atoms with Crippen LogP contribution >= 0.6 is 23.2 Å². The molecule has 0 aliphatic heterocycles. The first-order valence-electron chi connectivity index (χ1n) is 6.50. The zero-order chi connectivity index (χ0) is 16.1. The molecule has 4 nitrogen and oxygen atoms in total. The van der Waals surface area contributed by atoms with E-state index >= 15 is 0 Å². The van der Waals surface area contributed by atoms with Crippen LogP contribution in [0.5, 0.6) is 0 Å². The van der Waals surface area contributed by atoms with Crippen molar-refractivity contribution in [1.29, 1.82) is 0 Å². The number of hydrogen-bond donors (Lipinski definition) is 2. The number of carboxylic acid groups (broad SMARTS) is 1. The van der Waals surface area contributed by atoms with Crippen molar-refractivity contribution in [2.75, 3.05) is 5.32 Å². The van der Waals surface area contributed by atoms with Gasteiger partial charge in [0.25, 0.3) is 0 Å². The van der Waals surface area contributed by atoms with Crippen molar-refractivity contribution in [3.63, 3.8) is 0 Å². The standard InChI is InChI=1S/C16H13Cl2NO3/c17-12-7-4-8-13(15(12)18)19-14(20)9-11(16(21)22)10-5-2-1-3-6-10/h1-8,11H,9H2,(H,19,20)(H,21,22)/t11-/m1/s1. The molecule has 0 spiro atoms. The lowest BCUT2D eigenvalue weighted by Gasteiger charge is -2.13. The number of rotatable bonds is 5. The minimum absolute atomic E-state index is 0.192. The van der Waals surface area contributed by atoms with Gasteiger partial charge in [-0.3, -0.25) is 9.59 Å². The molecule has 2 N–H and O–H groups in total. The molecule has 2 aromatic carbocycles. The van der Waals surface area contributed by atoms with Gasteiger partial charge in [0.05, 0.1) is 21.7 Å². The number of nitrogens with one attached hydrogen (secondary N) is 1. The van der Waals surface area contributed by atoms with E-state index in [1.54, 1.807) is 48.5 Å². The lowest BCUT2D eigenvalue weighted by Crippen LogP contribution is -2.21. The second-order valence-corrected chi connectivity index (χ2v) is 5.44. The van der Waals surface area contributed by atoms with Crippen LogP contribution in [-0.2, 0) is 9.59 Å². The van der Waals surface area contributed by atoms with Crippen molar-refractivity contribution in [1.82, 2.24) is 0 Å². The summed E-state index contributed by atoms with van der Waals surface area (Å²) in [4.78, 5) is 23.5. The lowest BCUT2D eigenvalue weighted by molar-refractivity contribution is -0.140. The summed E-state index contributed by atoms with van der Waals surface area (Å²) in [6, 6.07) is 13.5. The number of carbonyl (C=O) groups excluding carboxylic acids is 1. The smallest absolute Gasteiger partial charge is 0.311 e. The molecule has 0 saturated carbocycles. The lowest BCUT2D eigenvalue weighted by atomic mass is 9.95. The molecule has 0 aromatic heterocycles. The van der Waals surface area contributed by atoms with Crippen LogP contribution in [0.2, 0.25) is 10.0 Å². The van der Waals surface area contributed by atoms with Gasteiger partial charge in [0.2, 0.25) is 5.91 Å². The zero-order valence-corrected chi connectivity index (χ0v) is 12.9. The van der Waals surface area contributed by atoms with Gasteiger partial charge in [-0.05, 0) is 17.7 Å². The van der Waals surface area contributed by atoms with E-state index in [0.29, 0.717) is 16.3 Å². The Balaban J connectivity index is 2.12. The van der Waals surface area contributed by atoms with E-state index in [-0.39, 0.29) is 11.4 Å². The Morgan fingerprint density at radius 3 is 2.36 bits per heavy atom. The minimum atomic E-state index is -1.06. The molecule has 0 heterocycles. The van der Waals surface area contributed by atoms with Crippen LogP contribution in [0.1, 0.15) is 17.9 Å². The molecule has 0 aliphatic rings. The van der Waals surface area contributed by atoms with Gasteiger partial charge >= 0.3 is 5.97 Å². The van der Waals surface area contributed by atoms with Crippen molar-refractivity contribution in [2.24, 2.45) is 0 Å². The number of carboxylic acids is 1. The third-order valence-electron chi connectivity index (χ3n) is 3.12. The molecule has 1 atom stereocenters. The molecule has 0 aliphatic carbocycles. The van der Waals surface area contributed by atoms with Crippen molar-refractivity contribution in [3.8, 4) is 0 Å². The highest BCUT2D eigenvalue weighted by molar-refractivity contribution is 6.44. The summed E-state index contributed by atoms with van der Waals surface area (Å²) in [5.74, 6) is -2.42. The molecule has 0 unspecified atom stereocenters. The largest absolute Gasteiger partial charge is 0.481 e. The summed E-state index contributed by atoms with van der Waals surface area (Å²) < 4.78 is 0. The normalized spacial score (nSPS) is 11.7. The number of benzene rings is 2. The van der Waals surface area contributed by atoms with Crippen molar-refractivity contribution < 1.29 is 14.7 Å². The van der Waals surface area contributed by atoms with Crippen LogP contribution < -0.4 is 5.32 Å². The molecule has 0 radical (unpaired) electrons. The van der Waals surface area contributed by atoms with Crippen LogP contribution in [-0.4, -0.2) is 17.0 Å². The fourth-order valence-electron chi connectivity index (χ4n) is 2.02. The second kappa shape index (κ2) is 7.29. The maximum atomic E-state index is 12.1. The summed E-state index contributed by atoms with van der Waals surface area (Å²) in [5, 5.41) is 12.4. The predicted molar refractivity (Wildman–Crippen MR) is 86.5 cm³/mol. The van der Waals surface area contributed by atoms with E-state index in [4.69, 9.17) is 23.2 Å². The van der Waals surface area contributed by atoms with E-state index in [9.17, 15) is 14.7 Å². The SMILES string of the molecule is O=C(C[C@@H](C(=O)O)c1ccccc1)Nc1cccc(Cl)c1Cl. The van der Waals surface area contributed by atoms with Gasteiger partial charge in [0, 0.05) is 6.42 Å². The topological polar surface area (TPSA) is 66.4 Å². The zero-order valence-electron chi connectivity index (χ0n) is 11.4. The Morgan fingerprint density at radius 2 is 1.73 bits per heavy atom. The average Bonchev–Trinajstić information content (AvgIpc) is 2.50. The molecule has 1 amide bonds. The summed E-state index contributed by atoms with van der Waals surface area (Å²) in [6.07, 6.45) is -0.192. The molecular weight excluding hydrogens is 325 g/mol. The molecule has 114 valence electrons. The first kappa shape index (κ1) is 16.3. The number of carbonyl (C=O) groups is 2. The van der Waals surface area contributed by atoms with Gasteiger partial charge in [-0.1, -0.05) is 59.6 Å². The quantitative estimate of drug-likeness (QED) is 0.859. The number of halogens is 2. The fourth-order valence-corrected chi connectivity index (χ4v) is 2.37. The van der Waals surface area contributed by atoms with Gasteiger partial charge in [0.15, 0.2) is 0 Å². The fraction of sp³-hybridized carbons (Fsp3) is 0.125. The minimum Gasteiger partial charge on any atom is -0.481 e. The van der Waals surface area contributed by atoms with E-state index in [1.165, 1.54) is 0 Å². The molecule has 2 rings (SSSR count). The van der Waals surface area contributed by atoms with E-state index in [0.717, 1.165) is 0 Å². The maximum absolute atomic E-state index is 12.1. The summed E-state index contributed by atoms with van der Waals surface area (Å²) in [6.45, 7) is 0. The third kappa shape index (κ3) is 4.00. The van der Waals surface area contributed by atoms with Crippen LogP contribution in [0.15, 0.2) is 48.5 Å². The average molecular weight is 338 g/mol. The Labute approximate surface area is 137 Å². The number of amides is 1. The summed E-state index contributed by atoms with van der Waals surface area (Å²) >= 11 is 11.9. The number of aliphatic carboxylic acids is 1. The van der Waals surface area contributed by atoms with E-state index < -0.39 is 17.8 Å². The highest BCUT2D eigenvalue weighted by Crippen LogP contribution is 2.30. The third-order valence-corrected chi connectivity index (χ3v) is 3.93. The van der Waals surface area contributed by atoms with Gasteiger partial charge in [-0.2, -0.15) is 0 Å². The summed E-state index contributed by atoms with van der Waals surface area (Å²) in [7, 11) is 0. The van der Waals surface area contributed by atoms with Crippen LogP contribution in [0.3, 0.4) is 0 Å². The van der Waals surface area contributed by atoms with E-state index in [2.05, 4.69) is 5.32 Å². The molecule has 22 heavy (non-hydrogen) atoms. The first-order chi connectivity index (χ1) is 10.5. The first-order valence-corrected chi connectivity index (χ1v) is 7.26. The molecule has 0 bridgehead atoms. The molecule has 6 heteroatoms. The number of anilines is 1. The molecule has 0 fully saturated rings. The second-order valence-electron chi connectivity index (χ2n) is 4.66. The Kier molecular flexibility index (Phi) is 5.41. The van der Waals surface area contributed by atoms with Gasteiger partial charge in [-0.25, -0.2) is 0 Å². The molecular formula is C16H13Cl2NO3.